The number of carbonyl (C=O) groups excluding carboxylic acids is 1. The summed E-state index contributed by atoms with van der Waals surface area (Å²) in [6.45, 7) is 0. The first-order valence-corrected chi connectivity index (χ1v) is 7.40. The summed E-state index contributed by atoms with van der Waals surface area (Å²) in [5, 5.41) is 5.48. The zero-order chi connectivity index (χ0) is 15.9. The summed E-state index contributed by atoms with van der Waals surface area (Å²) >= 11 is 17.6. The summed E-state index contributed by atoms with van der Waals surface area (Å²) in [6.07, 6.45) is 4.49. The third kappa shape index (κ3) is 5.19. The number of hydrogen-bond donors (Lipinski definition) is 1. The number of benzene rings is 2. The van der Waals surface area contributed by atoms with Crippen molar-refractivity contribution in [2.45, 2.75) is 0 Å². The van der Waals surface area contributed by atoms with Gasteiger partial charge >= 0.3 is 0 Å². The van der Waals surface area contributed by atoms with Gasteiger partial charge in [0.15, 0.2) is 0 Å². The van der Waals surface area contributed by atoms with Crippen molar-refractivity contribution in [1.82, 2.24) is 5.43 Å². The summed E-state index contributed by atoms with van der Waals surface area (Å²) in [5.74, 6) is -0.351. The Morgan fingerprint density at radius 2 is 1.68 bits per heavy atom. The quantitative estimate of drug-likeness (QED) is 0.478. The lowest BCUT2D eigenvalue weighted by Gasteiger charge is -1.98. The Balaban J connectivity index is 1.92. The van der Waals surface area contributed by atoms with Gasteiger partial charge in [0.05, 0.1) is 11.2 Å². The summed E-state index contributed by atoms with van der Waals surface area (Å²) in [4.78, 5) is 11.6. The SMILES string of the molecule is O=C(/C=C/c1ccc(Cl)cc1)N/N=C\c1ccc(Cl)cc1Cl. The van der Waals surface area contributed by atoms with E-state index in [0.717, 1.165) is 5.56 Å². The van der Waals surface area contributed by atoms with Gasteiger partial charge in [0.25, 0.3) is 5.91 Å². The van der Waals surface area contributed by atoms with Crippen molar-refractivity contribution in [2.24, 2.45) is 5.10 Å². The maximum Gasteiger partial charge on any atom is 0.264 e. The lowest BCUT2D eigenvalue weighted by atomic mass is 10.2. The van der Waals surface area contributed by atoms with Crippen LogP contribution in [0.3, 0.4) is 0 Å². The normalized spacial score (nSPS) is 11.2. The lowest BCUT2D eigenvalue weighted by Crippen LogP contribution is -2.14. The number of rotatable bonds is 4. The molecule has 0 aromatic heterocycles. The number of carbonyl (C=O) groups is 1. The van der Waals surface area contributed by atoms with Crippen LogP contribution in [0.5, 0.6) is 0 Å². The van der Waals surface area contributed by atoms with Crippen molar-refractivity contribution >= 4 is 53.0 Å². The van der Waals surface area contributed by atoms with E-state index in [4.69, 9.17) is 34.8 Å². The predicted octanol–water partition coefficient (Wildman–Crippen LogP) is 4.81. The number of halogens is 3. The Morgan fingerprint density at radius 1 is 1.00 bits per heavy atom. The van der Waals surface area contributed by atoms with Crippen molar-refractivity contribution in [1.29, 1.82) is 0 Å². The first kappa shape index (κ1) is 16.6. The highest BCUT2D eigenvalue weighted by molar-refractivity contribution is 6.36. The van der Waals surface area contributed by atoms with Crippen LogP contribution in [-0.2, 0) is 4.79 Å². The Morgan fingerprint density at radius 3 is 2.36 bits per heavy atom. The molecule has 0 spiro atoms. The van der Waals surface area contributed by atoms with E-state index in [0.29, 0.717) is 20.6 Å². The molecule has 1 N–H and O–H groups in total. The second kappa shape index (κ2) is 7.99. The third-order valence-electron chi connectivity index (χ3n) is 2.64. The van der Waals surface area contributed by atoms with E-state index in [1.165, 1.54) is 12.3 Å². The van der Waals surface area contributed by atoms with Crippen LogP contribution in [0.15, 0.2) is 53.6 Å². The third-order valence-corrected chi connectivity index (χ3v) is 3.45. The highest BCUT2D eigenvalue weighted by Crippen LogP contribution is 2.19. The van der Waals surface area contributed by atoms with E-state index in [2.05, 4.69) is 10.5 Å². The maximum absolute atomic E-state index is 11.6. The van der Waals surface area contributed by atoms with Gasteiger partial charge in [-0.25, -0.2) is 5.43 Å². The Kier molecular flexibility index (Phi) is 6.01. The van der Waals surface area contributed by atoms with Crippen molar-refractivity contribution in [2.75, 3.05) is 0 Å². The summed E-state index contributed by atoms with van der Waals surface area (Å²) in [7, 11) is 0. The van der Waals surface area contributed by atoms with Gasteiger partial charge in [-0.15, -0.1) is 0 Å². The predicted molar refractivity (Wildman–Crippen MR) is 92.7 cm³/mol. The van der Waals surface area contributed by atoms with E-state index in [9.17, 15) is 4.79 Å². The number of amides is 1. The summed E-state index contributed by atoms with van der Waals surface area (Å²) < 4.78 is 0. The molecule has 0 unspecified atom stereocenters. The molecule has 2 aromatic carbocycles. The molecule has 0 saturated carbocycles. The Labute approximate surface area is 143 Å². The topological polar surface area (TPSA) is 41.5 Å². The van der Waals surface area contributed by atoms with Crippen molar-refractivity contribution in [3.05, 3.63) is 74.7 Å². The van der Waals surface area contributed by atoms with E-state index >= 15 is 0 Å². The minimum Gasteiger partial charge on any atom is -0.268 e. The summed E-state index contributed by atoms with van der Waals surface area (Å²) in [6, 6.07) is 12.1. The van der Waals surface area contributed by atoms with Crippen LogP contribution in [0.2, 0.25) is 15.1 Å². The zero-order valence-electron chi connectivity index (χ0n) is 11.3. The number of nitrogens with zero attached hydrogens (tertiary/aromatic N) is 1. The Bertz CT molecular complexity index is 725. The van der Waals surface area contributed by atoms with Crippen LogP contribution in [-0.4, -0.2) is 12.1 Å². The molecule has 3 nitrogen and oxygen atoms in total. The fraction of sp³-hybridized carbons (Fsp3) is 0. The van der Waals surface area contributed by atoms with Crippen molar-refractivity contribution in [3.8, 4) is 0 Å². The molecule has 22 heavy (non-hydrogen) atoms. The van der Waals surface area contributed by atoms with Crippen molar-refractivity contribution < 1.29 is 4.79 Å². The van der Waals surface area contributed by atoms with Crippen LogP contribution in [0.1, 0.15) is 11.1 Å². The first-order chi connectivity index (χ1) is 10.5. The first-order valence-electron chi connectivity index (χ1n) is 6.26. The highest BCUT2D eigenvalue weighted by Gasteiger charge is 1.98. The van der Waals surface area contributed by atoms with Gasteiger partial charge in [0.1, 0.15) is 0 Å². The monoisotopic (exact) mass is 352 g/mol. The molecule has 1 amide bonds. The molecule has 112 valence electrons. The largest absolute Gasteiger partial charge is 0.268 e. The van der Waals surface area contributed by atoms with E-state index in [-0.39, 0.29) is 5.91 Å². The standard InChI is InChI=1S/C16H11Cl3N2O/c17-13-5-1-11(2-6-13)3-8-16(22)21-20-10-12-4-7-14(18)9-15(12)19/h1-10H,(H,21,22)/b8-3+,20-10-. The molecular formula is C16H11Cl3N2O. The van der Waals surface area contributed by atoms with Gasteiger partial charge in [-0.1, -0.05) is 53.0 Å². The smallest absolute Gasteiger partial charge is 0.264 e. The molecule has 0 saturated heterocycles. The molecule has 2 rings (SSSR count). The maximum atomic E-state index is 11.6. The van der Waals surface area contributed by atoms with Crippen molar-refractivity contribution in [3.63, 3.8) is 0 Å². The molecule has 0 aliphatic heterocycles. The van der Waals surface area contributed by atoms with Gasteiger partial charge in [-0.3, -0.25) is 4.79 Å². The molecule has 0 aliphatic rings. The molecule has 0 radical (unpaired) electrons. The fourth-order valence-corrected chi connectivity index (χ4v) is 2.14. The van der Waals surface area contributed by atoms with Crippen LogP contribution < -0.4 is 5.43 Å². The zero-order valence-corrected chi connectivity index (χ0v) is 13.5. The minimum absolute atomic E-state index is 0.351. The summed E-state index contributed by atoms with van der Waals surface area (Å²) in [5.41, 5.74) is 3.91. The number of hydrazone groups is 1. The van der Waals surface area contributed by atoms with Crippen LogP contribution >= 0.6 is 34.8 Å². The average Bonchev–Trinajstić information content (AvgIpc) is 2.49. The number of hydrogen-bond acceptors (Lipinski definition) is 2. The van der Waals surface area contributed by atoms with E-state index < -0.39 is 0 Å². The molecule has 2 aromatic rings. The second-order valence-electron chi connectivity index (χ2n) is 4.28. The molecule has 0 aliphatic carbocycles. The second-order valence-corrected chi connectivity index (χ2v) is 5.57. The molecule has 0 atom stereocenters. The van der Waals surface area contributed by atoms with E-state index in [1.54, 1.807) is 36.4 Å². The van der Waals surface area contributed by atoms with Gasteiger partial charge in [0.2, 0.25) is 0 Å². The highest BCUT2D eigenvalue weighted by atomic mass is 35.5. The molecule has 0 fully saturated rings. The van der Waals surface area contributed by atoms with Gasteiger partial charge in [0, 0.05) is 21.7 Å². The van der Waals surface area contributed by atoms with Gasteiger partial charge in [-0.2, -0.15) is 5.10 Å². The minimum atomic E-state index is -0.351. The Hall–Kier alpha value is -1.81. The molecule has 0 heterocycles. The molecule has 0 bridgehead atoms. The molecule has 6 heteroatoms. The number of nitrogens with one attached hydrogen (secondary N) is 1. The van der Waals surface area contributed by atoms with Crippen LogP contribution in [0, 0.1) is 0 Å². The average molecular weight is 354 g/mol. The van der Waals surface area contributed by atoms with Gasteiger partial charge in [-0.05, 0) is 35.9 Å². The fourth-order valence-electron chi connectivity index (χ4n) is 1.55. The molecular weight excluding hydrogens is 343 g/mol. The van der Waals surface area contributed by atoms with Crippen LogP contribution in [0.4, 0.5) is 0 Å². The van der Waals surface area contributed by atoms with Crippen LogP contribution in [0.25, 0.3) is 6.08 Å². The lowest BCUT2D eigenvalue weighted by molar-refractivity contribution is -0.116. The van der Waals surface area contributed by atoms with E-state index in [1.807, 2.05) is 12.1 Å². The van der Waals surface area contributed by atoms with Gasteiger partial charge < -0.3 is 0 Å².